The number of nitrogens with zero attached hydrogens (tertiary/aromatic N) is 3. The molecule has 3 aromatic rings. The number of imidazole rings is 1. The molecular weight excluding hydrogens is 346 g/mol. The molecule has 0 atom stereocenters. The molecule has 5 rings (SSSR count). The van der Waals surface area contributed by atoms with Gasteiger partial charge in [0, 0.05) is 13.1 Å². The Bertz CT molecular complexity index is 984. The lowest BCUT2D eigenvalue weighted by Gasteiger charge is -2.42. The quantitative estimate of drug-likeness (QED) is 0.657. The number of benzene rings is 2. The molecule has 1 saturated heterocycles. The maximum atomic E-state index is 11.6. The van der Waals surface area contributed by atoms with Crippen LogP contribution in [0.5, 0.6) is 0 Å². The van der Waals surface area contributed by atoms with Crippen molar-refractivity contribution >= 4 is 6.29 Å². The van der Waals surface area contributed by atoms with Gasteiger partial charge in [-0.05, 0) is 49.0 Å². The summed E-state index contributed by atoms with van der Waals surface area (Å²) in [5, 5.41) is 0. The van der Waals surface area contributed by atoms with E-state index < -0.39 is 0 Å². The molecule has 2 aliphatic heterocycles. The molecule has 28 heavy (non-hydrogen) atoms. The number of aryl methyl sites for hydroxylation is 1. The van der Waals surface area contributed by atoms with Crippen LogP contribution in [0.25, 0.3) is 0 Å². The van der Waals surface area contributed by atoms with E-state index in [0.717, 1.165) is 57.6 Å². The average molecular weight is 371 g/mol. The van der Waals surface area contributed by atoms with Crippen molar-refractivity contribution in [1.29, 1.82) is 0 Å². The highest BCUT2D eigenvalue weighted by Crippen LogP contribution is 2.44. The standard InChI is InChI=1S/C24H25N3O/c28-18-21-16-25-23-24(22-9-5-4-8-20(22)10-13-27(21)23)11-14-26(15-12-24)17-19-6-2-1-3-7-19/h1-9,16,18H,10-15,17H2. The normalized spacial score (nSPS) is 18.3. The molecule has 0 N–H and O–H groups in total. The predicted molar refractivity (Wildman–Crippen MR) is 109 cm³/mol. The van der Waals surface area contributed by atoms with Crippen molar-refractivity contribution in [3.63, 3.8) is 0 Å². The van der Waals surface area contributed by atoms with Crippen LogP contribution in [0.4, 0.5) is 0 Å². The Balaban J connectivity index is 1.50. The van der Waals surface area contributed by atoms with Crippen LogP contribution in [0.3, 0.4) is 0 Å². The van der Waals surface area contributed by atoms with Crippen LogP contribution in [-0.2, 0) is 24.9 Å². The topological polar surface area (TPSA) is 38.1 Å². The molecule has 0 radical (unpaired) electrons. The number of carbonyl (C=O) groups excluding carboxylic acids is 1. The first kappa shape index (κ1) is 17.4. The van der Waals surface area contributed by atoms with E-state index in [1.54, 1.807) is 6.20 Å². The first-order valence-electron chi connectivity index (χ1n) is 10.2. The Morgan fingerprint density at radius 1 is 0.964 bits per heavy atom. The van der Waals surface area contributed by atoms with Crippen LogP contribution in [0.15, 0.2) is 60.8 Å². The molecule has 1 fully saturated rings. The number of hydrogen-bond donors (Lipinski definition) is 0. The molecule has 0 amide bonds. The van der Waals surface area contributed by atoms with Crippen molar-refractivity contribution in [2.75, 3.05) is 13.1 Å². The van der Waals surface area contributed by atoms with Crippen molar-refractivity contribution < 1.29 is 4.79 Å². The monoisotopic (exact) mass is 371 g/mol. The number of hydrogen-bond acceptors (Lipinski definition) is 3. The van der Waals surface area contributed by atoms with Crippen molar-refractivity contribution in [1.82, 2.24) is 14.5 Å². The van der Waals surface area contributed by atoms with Crippen molar-refractivity contribution in [3.8, 4) is 0 Å². The zero-order valence-electron chi connectivity index (χ0n) is 16.1. The van der Waals surface area contributed by atoms with E-state index in [4.69, 9.17) is 4.98 Å². The number of fused-ring (bicyclic) bond motifs is 4. The lowest BCUT2D eigenvalue weighted by atomic mass is 9.70. The number of likely N-dealkylation sites (tertiary alicyclic amines) is 1. The Morgan fingerprint density at radius 2 is 1.71 bits per heavy atom. The maximum Gasteiger partial charge on any atom is 0.168 e. The number of piperidine rings is 1. The highest BCUT2D eigenvalue weighted by atomic mass is 16.1. The van der Waals surface area contributed by atoms with E-state index in [2.05, 4.69) is 64.1 Å². The molecule has 2 aromatic carbocycles. The fraction of sp³-hybridized carbons (Fsp3) is 0.333. The molecule has 1 aromatic heterocycles. The number of aromatic nitrogens is 2. The fourth-order valence-corrected chi connectivity index (χ4v) is 5.09. The average Bonchev–Trinajstić information content (AvgIpc) is 3.12. The Labute approximate surface area is 165 Å². The van der Waals surface area contributed by atoms with Gasteiger partial charge in [-0.15, -0.1) is 0 Å². The van der Waals surface area contributed by atoms with Gasteiger partial charge >= 0.3 is 0 Å². The van der Waals surface area contributed by atoms with Crippen LogP contribution < -0.4 is 0 Å². The van der Waals surface area contributed by atoms with Crippen LogP contribution >= 0.6 is 0 Å². The lowest BCUT2D eigenvalue weighted by molar-refractivity contribution is 0.111. The Morgan fingerprint density at radius 3 is 2.50 bits per heavy atom. The molecule has 0 unspecified atom stereocenters. The third-order valence-corrected chi connectivity index (χ3v) is 6.53. The van der Waals surface area contributed by atoms with E-state index >= 15 is 0 Å². The number of aldehydes is 1. The molecule has 142 valence electrons. The Kier molecular flexibility index (Phi) is 4.36. The summed E-state index contributed by atoms with van der Waals surface area (Å²) >= 11 is 0. The van der Waals surface area contributed by atoms with Gasteiger partial charge in [-0.2, -0.15) is 0 Å². The lowest BCUT2D eigenvalue weighted by Crippen LogP contribution is -2.44. The van der Waals surface area contributed by atoms with Gasteiger partial charge in [0.1, 0.15) is 11.5 Å². The van der Waals surface area contributed by atoms with E-state index in [1.165, 1.54) is 16.7 Å². The van der Waals surface area contributed by atoms with Crippen LogP contribution in [0.2, 0.25) is 0 Å². The van der Waals surface area contributed by atoms with E-state index in [0.29, 0.717) is 5.69 Å². The molecule has 2 aliphatic rings. The summed E-state index contributed by atoms with van der Waals surface area (Å²) in [5.41, 5.74) is 4.79. The summed E-state index contributed by atoms with van der Waals surface area (Å²) in [6, 6.07) is 19.5. The minimum Gasteiger partial charge on any atom is -0.325 e. The first-order valence-corrected chi connectivity index (χ1v) is 10.2. The number of carbonyl (C=O) groups is 1. The van der Waals surface area contributed by atoms with Crippen LogP contribution in [0, 0.1) is 0 Å². The van der Waals surface area contributed by atoms with E-state index in [-0.39, 0.29) is 5.41 Å². The second-order valence-corrected chi connectivity index (χ2v) is 8.03. The van der Waals surface area contributed by atoms with Gasteiger partial charge in [0.15, 0.2) is 6.29 Å². The molecule has 0 aliphatic carbocycles. The van der Waals surface area contributed by atoms with E-state index in [9.17, 15) is 4.79 Å². The largest absolute Gasteiger partial charge is 0.325 e. The summed E-state index contributed by atoms with van der Waals surface area (Å²) in [6.07, 6.45) is 5.73. The first-order chi connectivity index (χ1) is 13.8. The van der Waals surface area contributed by atoms with E-state index in [1.807, 2.05) is 0 Å². The highest BCUT2D eigenvalue weighted by Gasteiger charge is 2.44. The minimum atomic E-state index is -0.0957. The minimum absolute atomic E-state index is 0.0957. The second kappa shape index (κ2) is 7.02. The molecule has 3 heterocycles. The molecular formula is C24H25N3O. The van der Waals surface area contributed by atoms with Crippen LogP contribution in [0.1, 0.15) is 45.8 Å². The number of rotatable bonds is 3. The summed E-state index contributed by atoms with van der Waals surface area (Å²) in [4.78, 5) is 18.9. The molecule has 4 heteroatoms. The van der Waals surface area contributed by atoms with Gasteiger partial charge < -0.3 is 4.57 Å². The third kappa shape index (κ3) is 2.80. The van der Waals surface area contributed by atoms with Crippen molar-refractivity contribution in [2.24, 2.45) is 0 Å². The predicted octanol–water partition coefficient (Wildman–Crippen LogP) is 3.83. The van der Waals surface area contributed by atoms with Crippen LogP contribution in [-0.4, -0.2) is 33.8 Å². The van der Waals surface area contributed by atoms with Gasteiger partial charge in [0.25, 0.3) is 0 Å². The third-order valence-electron chi connectivity index (χ3n) is 6.53. The van der Waals surface area contributed by atoms with Gasteiger partial charge in [0.2, 0.25) is 0 Å². The molecule has 0 saturated carbocycles. The molecule has 1 spiro atoms. The summed E-state index contributed by atoms with van der Waals surface area (Å²) < 4.78 is 2.17. The van der Waals surface area contributed by atoms with Crippen molar-refractivity contribution in [3.05, 3.63) is 89.0 Å². The summed E-state index contributed by atoms with van der Waals surface area (Å²) in [5.74, 6) is 1.08. The summed E-state index contributed by atoms with van der Waals surface area (Å²) in [6.45, 7) is 3.89. The SMILES string of the molecule is O=Cc1cnc2n1CCc1ccccc1C21CCN(Cc2ccccc2)CC1. The van der Waals surface area contributed by atoms with Gasteiger partial charge in [-0.3, -0.25) is 9.69 Å². The zero-order valence-corrected chi connectivity index (χ0v) is 16.1. The maximum absolute atomic E-state index is 11.6. The second-order valence-electron chi connectivity index (χ2n) is 8.03. The fourth-order valence-electron chi connectivity index (χ4n) is 5.09. The van der Waals surface area contributed by atoms with Gasteiger partial charge in [-0.25, -0.2) is 4.98 Å². The smallest absolute Gasteiger partial charge is 0.168 e. The summed E-state index contributed by atoms with van der Waals surface area (Å²) in [7, 11) is 0. The van der Waals surface area contributed by atoms with Gasteiger partial charge in [-0.1, -0.05) is 54.6 Å². The van der Waals surface area contributed by atoms with Gasteiger partial charge in [0.05, 0.1) is 11.6 Å². The molecule has 4 nitrogen and oxygen atoms in total. The highest BCUT2D eigenvalue weighted by molar-refractivity contribution is 5.72. The van der Waals surface area contributed by atoms with Crippen molar-refractivity contribution in [2.45, 2.75) is 37.8 Å². The Hall–Kier alpha value is -2.72. The molecule has 0 bridgehead atoms. The zero-order chi connectivity index (χ0) is 19.0.